The van der Waals surface area contributed by atoms with E-state index in [0.717, 1.165) is 0 Å². The molecule has 0 aliphatic heterocycles. The third kappa shape index (κ3) is 16.8. The third-order valence-corrected chi connectivity index (χ3v) is 2.88. The Hall–Kier alpha value is -2.66. The maximum atomic E-state index is 11.6. The Kier molecular flexibility index (Phi) is 16.1. The van der Waals surface area contributed by atoms with Crippen molar-refractivity contribution in [2.75, 3.05) is 59.8 Å². The minimum Gasteiger partial charge on any atom is -0.499 e. The topological polar surface area (TPSA) is 138 Å². The molecule has 0 saturated carbocycles. The number of carbonyl (C=O) groups is 4. The lowest BCUT2D eigenvalue weighted by atomic mass is 10.4. The van der Waals surface area contributed by atoms with Crippen molar-refractivity contribution in [2.45, 2.75) is 12.8 Å². The van der Waals surface area contributed by atoms with E-state index in [1.54, 1.807) is 0 Å². The summed E-state index contributed by atoms with van der Waals surface area (Å²) in [5.74, 6) is -2.43. The molecule has 2 amide bonds. The van der Waals surface area contributed by atoms with Gasteiger partial charge in [-0.05, 0) is 0 Å². The van der Waals surface area contributed by atoms with Gasteiger partial charge in [-0.15, -0.1) is 0 Å². The molecular weight excluding hydrogens is 376 g/mol. The SMILES string of the molecule is C=COCCOCCOC(=O)CC(=O)NCCNC(=O)CC(=O)OCCOC. The Morgan fingerprint density at radius 3 is 1.79 bits per heavy atom. The summed E-state index contributed by atoms with van der Waals surface area (Å²) < 4.78 is 24.2. The van der Waals surface area contributed by atoms with Gasteiger partial charge >= 0.3 is 11.9 Å². The Morgan fingerprint density at radius 1 is 0.786 bits per heavy atom. The first kappa shape index (κ1) is 25.3. The summed E-state index contributed by atoms with van der Waals surface area (Å²) in [6, 6.07) is 0. The maximum Gasteiger partial charge on any atom is 0.315 e. The van der Waals surface area contributed by atoms with Crippen LogP contribution in [0.3, 0.4) is 0 Å². The summed E-state index contributed by atoms with van der Waals surface area (Å²) >= 11 is 0. The molecule has 0 spiro atoms. The van der Waals surface area contributed by atoms with Crippen molar-refractivity contribution in [1.82, 2.24) is 10.6 Å². The maximum absolute atomic E-state index is 11.6. The lowest BCUT2D eigenvalue weighted by molar-refractivity contribution is -0.149. The molecule has 0 aliphatic carbocycles. The van der Waals surface area contributed by atoms with E-state index >= 15 is 0 Å². The molecule has 0 rings (SSSR count). The minimum absolute atomic E-state index is 0.0245. The first-order chi connectivity index (χ1) is 13.5. The van der Waals surface area contributed by atoms with Gasteiger partial charge in [0.2, 0.25) is 11.8 Å². The summed E-state index contributed by atoms with van der Waals surface area (Å²) in [7, 11) is 1.46. The average molecular weight is 404 g/mol. The van der Waals surface area contributed by atoms with Crippen molar-refractivity contribution in [3.05, 3.63) is 12.8 Å². The molecular formula is C17H28N2O9. The van der Waals surface area contributed by atoms with Gasteiger partial charge in [-0.1, -0.05) is 6.58 Å². The minimum atomic E-state index is -0.689. The number of methoxy groups -OCH3 is 1. The second-order valence-corrected chi connectivity index (χ2v) is 5.14. The van der Waals surface area contributed by atoms with Crippen LogP contribution in [0.25, 0.3) is 0 Å². The van der Waals surface area contributed by atoms with Gasteiger partial charge in [0.25, 0.3) is 0 Å². The molecule has 0 bridgehead atoms. The highest BCUT2D eigenvalue weighted by molar-refractivity contribution is 5.95. The second kappa shape index (κ2) is 17.7. The first-order valence-corrected chi connectivity index (χ1v) is 8.63. The molecule has 0 saturated heterocycles. The second-order valence-electron chi connectivity index (χ2n) is 5.14. The monoisotopic (exact) mass is 404 g/mol. The molecule has 0 atom stereocenters. The lowest BCUT2D eigenvalue weighted by Gasteiger charge is -2.08. The van der Waals surface area contributed by atoms with E-state index in [1.165, 1.54) is 13.4 Å². The molecule has 160 valence electrons. The number of rotatable bonds is 17. The van der Waals surface area contributed by atoms with E-state index in [0.29, 0.717) is 13.2 Å². The van der Waals surface area contributed by atoms with Gasteiger partial charge in [-0.3, -0.25) is 19.2 Å². The Balaban J connectivity index is 3.62. The van der Waals surface area contributed by atoms with Crippen molar-refractivity contribution >= 4 is 23.8 Å². The molecule has 0 aromatic heterocycles. The summed E-state index contributed by atoms with van der Waals surface area (Å²) in [4.78, 5) is 45.8. The molecule has 0 unspecified atom stereocenters. The summed E-state index contributed by atoms with van der Waals surface area (Å²) in [6.45, 7) is 4.80. The van der Waals surface area contributed by atoms with Gasteiger partial charge in [0.05, 0.1) is 26.1 Å². The highest BCUT2D eigenvalue weighted by Gasteiger charge is 2.12. The van der Waals surface area contributed by atoms with Gasteiger partial charge in [0.1, 0.15) is 32.7 Å². The molecule has 11 heteroatoms. The molecule has 11 nitrogen and oxygen atoms in total. The zero-order valence-electron chi connectivity index (χ0n) is 16.0. The smallest absolute Gasteiger partial charge is 0.315 e. The quantitative estimate of drug-likeness (QED) is 0.134. The Morgan fingerprint density at radius 2 is 1.29 bits per heavy atom. The van der Waals surface area contributed by atoms with Crippen LogP contribution in [-0.2, 0) is 42.9 Å². The van der Waals surface area contributed by atoms with Crippen LogP contribution in [0.2, 0.25) is 0 Å². The molecule has 0 aliphatic rings. The molecule has 0 aromatic rings. The number of esters is 2. The highest BCUT2D eigenvalue weighted by atomic mass is 16.6. The zero-order valence-corrected chi connectivity index (χ0v) is 16.0. The fourth-order valence-electron chi connectivity index (χ4n) is 1.64. The highest BCUT2D eigenvalue weighted by Crippen LogP contribution is 1.89. The molecule has 0 heterocycles. The van der Waals surface area contributed by atoms with Gasteiger partial charge in [-0.2, -0.15) is 0 Å². The fourth-order valence-corrected chi connectivity index (χ4v) is 1.64. The van der Waals surface area contributed by atoms with Gasteiger partial charge in [0.15, 0.2) is 0 Å². The van der Waals surface area contributed by atoms with Crippen LogP contribution in [0.15, 0.2) is 12.8 Å². The number of hydrogen-bond acceptors (Lipinski definition) is 9. The molecule has 0 aromatic carbocycles. The van der Waals surface area contributed by atoms with E-state index in [2.05, 4.69) is 17.2 Å². The van der Waals surface area contributed by atoms with E-state index in [9.17, 15) is 19.2 Å². The zero-order chi connectivity index (χ0) is 21.0. The molecule has 28 heavy (non-hydrogen) atoms. The van der Waals surface area contributed by atoms with Crippen LogP contribution in [0, 0.1) is 0 Å². The molecule has 0 radical (unpaired) electrons. The van der Waals surface area contributed by atoms with Gasteiger partial charge in [0, 0.05) is 20.2 Å². The number of nitrogens with one attached hydrogen (secondary N) is 2. The average Bonchev–Trinajstić information content (AvgIpc) is 2.64. The molecule has 2 N–H and O–H groups in total. The number of amides is 2. The Labute approximate surface area is 163 Å². The third-order valence-electron chi connectivity index (χ3n) is 2.88. The Bertz CT molecular complexity index is 497. The van der Waals surface area contributed by atoms with Gasteiger partial charge < -0.3 is 34.3 Å². The summed E-state index contributed by atoms with van der Waals surface area (Å²) in [6.07, 6.45) is 0.428. The van der Waals surface area contributed by atoms with E-state index < -0.39 is 36.6 Å². The molecule has 0 fully saturated rings. The standard InChI is InChI=1S/C17H28N2O9/c1-3-25-7-8-26-9-11-28-17(23)13-15(21)19-5-4-18-14(20)12-16(22)27-10-6-24-2/h3H,1,4-13H2,2H3,(H,18,20)(H,19,21). The van der Waals surface area contributed by atoms with Gasteiger partial charge in [-0.25, -0.2) is 0 Å². The van der Waals surface area contributed by atoms with Crippen LogP contribution >= 0.6 is 0 Å². The number of hydrogen-bond donors (Lipinski definition) is 2. The first-order valence-electron chi connectivity index (χ1n) is 8.63. The predicted molar refractivity (Wildman–Crippen MR) is 96.0 cm³/mol. The largest absolute Gasteiger partial charge is 0.499 e. The van der Waals surface area contributed by atoms with E-state index in [4.69, 9.17) is 23.7 Å². The van der Waals surface area contributed by atoms with Crippen molar-refractivity contribution in [3.8, 4) is 0 Å². The summed E-state index contributed by atoms with van der Waals surface area (Å²) in [5.41, 5.74) is 0. The van der Waals surface area contributed by atoms with Crippen LogP contribution in [0.5, 0.6) is 0 Å². The van der Waals surface area contributed by atoms with Crippen molar-refractivity contribution in [3.63, 3.8) is 0 Å². The van der Waals surface area contributed by atoms with Crippen LogP contribution in [0.1, 0.15) is 12.8 Å². The van der Waals surface area contributed by atoms with Crippen LogP contribution < -0.4 is 10.6 Å². The number of carbonyl (C=O) groups excluding carboxylic acids is 4. The van der Waals surface area contributed by atoms with Crippen molar-refractivity contribution < 1.29 is 42.9 Å². The van der Waals surface area contributed by atoms with E-state index in [-0.39, 0.29) is 39.5 Å². The lowest BCUT2D eigenvalue weighted by Crippen LogP contribution is -2.36. The normalized spacial score (nSPS) is 9.89. The number of ether oxygens (including phenoxy) is 5. The van der Waals surface area contributed by atoms with Crippen molar-refractivity contribution in [1.29, 1.82) is 0 Å². The van der Waals surface area contributed by atoms with Crippen LogP contribution in [0.4, 0.5) is 0 Å². The van der Waals surface area contributed by atoms with Crippen molar-refractivity contribution in [2.24, 2.45) is 0 Å². The van der Waals surface area contributed by atoms with E-state index in [1.807, 2.05) is 0 Å². The predicted octanol–water partition coefficient (Wildman–Crippen LogP) is -1.09. The van der Waals surface area contributed by atoms with Crippen LogP contribution in [-0.4, -0.2) is 83.6 Å². The fraction of sp³-hybridized carbons (Fsp3) is 0.647. The summed E-state index contributed by atoms with van der Waals surface area (Å²) in [5, 5.41) is 4.89.